The number of nitrogen functional groups attached to an aromatic ring is 1. The minimum absolute atomic E-state index is 0.175. The molecule has 18 heavy (non-hydrogen) atoms. The summed E-state index contributed by atoms with van der Waals surface area (Å²) in [5.41, 5.74) is 7.10. The number of benzene rings is 1. The Bertz CT molecular complexity index is 372. The van der Waals surface area contributed by atoms with Crippen molar-refractivity contribution < 1.29 is 4.39 Å². The van der Waals surface area contributed by atoms with Crippen molar-refractivity contribution in [1.82, 2.24) is 4.90 Å². The van der Waals surface area contributed by atoms with Gasteiger partial charge in [-0.25, -0.2) is 4.39 Å². The molecule has 0 saturated carbocycles. The standard InChI is InChI=1S/C15H23FN2/c1-2-12-5-4-9-18(10-8-12)11-13-14(16)6-3-7-15(13)17/h3,6-7,12H,2,4-5,8-11,17H2,1H3. The number of hydrogen-bond acceptors (Lipinski definition) is 2. The van der Waals surface area contributed by atoms with E-state index in [1.54, 1.807) is 12.1 Å². The predicted octanol–water partition coefficient (Wildman–Crippen LogP) is 3.42. The minimum atomic E-state index is -0.175. The van der Waals surface area contributed by atoms with Gasteiger partial charge in [0, 0.05) is 17.8 Å². The number of rotatable bonds is 3. The number of anilines is 1. The van der Waals surface area contributed by atoms with Crippen molar-refractivity contribution in [2.45, 2.75) is 39.2 Å². The van der Waals surface area contributed by atoms with Crippen molar-refractivity contribution in [2.75, 3.05) is 18.8 Å². The first-order valence-corrected chi connectivity index (χ1v) is 6.96. The van der Waals surface area contributed by atoms with E-state index in [1.165, 1.54) is 31.7 Å². The van der Waals surface area contributed by atoms with E-state index < -0.39 is 0 Å². The van der Waals surface area contributed by atoms with Gasteiger partial charge in [0.1, 0.15) is 5.82 Å². The molecule has 1 atom stereocenters. The zero-order chi connectivity index (χ0) is 13.0. The van der Waals surface area contributed by atoms with E-state index in [4.69, 9.17) is 5.73 Å². The highest BCUT2D eigenvalue weighted by atomic mass is 19.1. The molecule has 1 aromatic rings. The Kier molecular flexibility index (Phi) is 4.59. The fourth-order valence-corrected chi connectivity index (χ4v) is 2.76. The summed E-state index contributed by atoms with van der Waals surface area (Å²) in [6.07, 6.45) is 5.01. The first-order valence-electron chi connectivity index (χ1n) is 6.96. The van der Waals surface area contributed by atoms with E-state index in [-0.39, 0.29) is 5.82 Å². The average Bonchev–Trinajstić information content (AvgIpc) is 2.59. The molecule has 1 unspecified atom stereocenters. The molecular weight excluding hydrogens is 227 g/mol. The maximum absolute atomic E-state index is 13.7. The molecule has 1 aliphatic rings. The zero-order valence-corrected chi connectivity index (χ0v) is 11.2. The Labute approximate surface area is 109 Å². The quantitative estimate of drug-likeness (QED) is 0.833. The number of likely N-dealkylation sites (tertiary alicyclic amines) is 1. The van der Waals surface area contributed by atoms with Crippen LogP contribution < -0.4 is 5.73 Å². The lowest BCUT2D eigenvalue weighted by molar-refractivity contribution is 0.268. The molecule has 0 amide bonds. The Balaban J connectivity index is 2.01. The van der Waals surface area contributed by atoms with Crippen molar-refractivity contribution in [3.05, 3.63) is 29.6 Å². The summed E-state index contributed by atoms with van der Waals surface area (Å²) >= 11 is 0. The Morgan fingerprint density at radius 2 is 2.17 bits per heavy atom. The van der Waals surface area contributed by atoms with Crippen molar-refractivity contribution in [1.29, 1.82) is 0 Å². The molecule has 2 nitrogen and oxygen atoms in total. The molecule has 1 heterocycles. The molecule has 100 valence electrons. The Hall–Kier alpha value is -1.09. The van der Waals surface area contributed by atoms with Gasteiger partial charge in [0.25, 0.3) is 0 Å². The third-order valence-electron chi connectivity index (χ3n) is 4.05. The van der Waals surface area contributed by atoms with Gasteiger partial charge in [0.15, 0.2) is 0 Å². The van der Waals surface area contributed by atoms with Crippen LogP contribution in [0.15, 0.2) is 18.2 Å². The lowest BCUT2D eigenvalue weighted by Crippen LogP contribution is -2.25. The molecule has 0 radical (unpaired) electrons. The fraction of sp³-hybridized carbons (Fsp3) is 0.600. The summed E-state index contributed by atoms with van der Waals surface area (Å²) in [4.78, 5) is 2.34. The van der Waals surface area contributed by atoms with Gasteiger partial charge < -0.3 is 5.73 Å². The number of nitrogens with two attached hydrogens (primary N) is 1. The monoisotopic (exact) mass is 250 g/mol. The van der Waals surface area contributed by atoms with Gasteiger partial charge in [-0.15, -0.1) is 0 Å². The van der Waals surface area contributed by atoms with E-state index >= 15 is 0 Å². The highest BCUT2D eigenvalue weighted by Gasteiger charge is 2.17. The van der Waals surface area contributed by atoms with Crippen LogP contribution in [0.1, 0.15) is 38.2 Å². The SMILES string of the molecule is CCC1CCCN(Cc2c(N)cccc2F)CC1. The van der Waals surface area contributed by atoms with Gasteiger partial charge >= 0.3 is 0 Å². The van der Waals surface area contributed by atoms with Crippen molar-refractivity contribution in [3.63, 3.8) is 0 Å². The van der Waals surface area contributed by atoms with Gasteiger partial charge in [-0.05, 0) is 50.4 Å². The summed E-state index contributed by atoms with van der Waals surface area (Å²) in [7, 11) is 0. The van der Waals surface area contributed by atoms with E-state index in [1.807, 2.05) is 0 Å². The number of nitrogens with zero attached hydrogens (tertiary/aromatic N) is 1. The summed E-state index contributed by atoms with van der Waals surface area (Å²) in [5.74, 6) is 0.666. The molecule has 1 aromatic carbocycles. The smallest absolute Gasteiger partial charge is 0.129 e. The maximum Gasteiger partial charge on any atom is 0.129 e. The van der Waals surface area contributed by atoms with Crippen LogP contribution in [-0.4, -0.2) is 18.0 Å². The van der Waals surface area contributed by atoms with Crippen LogP contribution in [0.4, 0.5) is 10.1 Å². The first kappa shape index (κ1) is 13.3. The lowest BCUT2D eigenvalue weighted by atomic mass is 9.98. The first-order chi connectivity index (χ1) is 8.70. The van der Waals surface area contributed by atoms with Gasteiger partial charge in [-0.3, -0.25) is 4.90 Å². The van der Waals surface area contributed by atoms with E-state index in [9.17, 15) is 4.39 Å². The van der Waals surface area contributed by atoms with Gasteiger partial charge in [0.05, 0.1) is 0 Å². The molecule has 0 spiro atoms. The van der Waals surface area contributed by atoms with Gasteiger partial charge in [0.2, 0.25) is 0 Å². The summed E-state index contributed by atoms with van der Waals surface area (Å²) < 4.78 is 13.7. The fourth-order valence-electron chi connectivity index (χ4n) is 2.76. The van der Waals surface area contributed by atoms with Crippen molar-refractivity contribution in [2.24, 2.45) is 5.92 Å². The highest BCUT2D eigenvalue weighted by molar-refractivity contribution is 5.47. The second-order valence-electron chi connectivity index (χ2n) is 5.29. The van der Waals surface area contributed by atoms with E-state index in [0.717, 1.165) is 19.0 Å². The highest BCUT2D eigenvalue weighted by Crippen LogP contribution is 2.23. The molecule has 3 heteroatoms. The lowest BCUT2D eigenvalue weighted by Gasteiger charge is -2.21. The Morgan fingerprint density at radius 3 is 2.89 bits per heavy atom. The van der Waals surface area contributed by atoms with E-state index in [2.05, 4.69) is 11.8 Å². The number of hydrogen-bond donors (Lipinski definition) is 1. The van der Waals surface area contributed by atoms with Crippen LogP contribution in [0.3, 0.4) is 0 Å². The van der Waals surface area contributed by atoms with Crippen LogP contribution in [0, 0.1) is 11.7 Å². The van der Waals surface area contributed by atoms with Crippen LogP contribution in [-0.2, 0) is 6.54 Å². The average molecular weight is 250 g/mol. The summed E-state index contributed by atoms with van der Waals surface area (Å²) in [5, 5.41) is 0. The second kappa shape index (κ2) is 6.19. The van der Waals surface area contributed by atoms with Crippen molar-refractivity contribution >= 4 is 5.69 Å². The van der Waals surface area contributed by atoms with Gasteiger partial charge in [-0.2, -0.15) is 0 Å². The molecule has 0 bridgehead atoms. The summed E-state index contributed by atoms with van der Waals surface area (Å²) in [6, 6.07) is 4.95. The van der Waals surface area contributed by atoms with Gasteiger partial charge in [-0.1, -0.05) is 19.4 Å². The molecule has 1 saturated heterocycles. The van der Waals surface area contributed by atoms with Crippen LogP contribution >= 0.6 is 0 Å². The molecule has 1 fully saturated rings. The van der Waals surface area contributed by atoms with E-state index in [0.29, 0.717) is 17.8 Å². The molecule has 0 aliphatic carbocycles. The molecule has 2 rings (SSSR count). The Morgan fingerprint density at radius 1 is 1.33 bits per heavy atom. The topological polar surface area (TPSA) is 29.3 Å². The molecule has 1 aliphatic heterocycles. The molecular formula is C15H23FN2. The van der Waals surface area contributed by atoms with Crippen LogP contribution in [0.25, 0.3) is 0 Å². The molecule has 0 aromatic heterocycles. The largest absolute Gasteiger partial charge is 0.398 e. The van der Waals surface area contributed by atoms with Crippen LogP contribution in [0.2, 0.25) is 0 Å². The molecule has 2 N–H and O–H groups in total. The zero-order valence-electron chi connectivity index (χ0n) is 11.2. The number of halogens is 1. The normalized spacial score (nSPS) is 21.8. The second-order valence-corrected chi connectivity index (χ2v) is 5.29. The summed E-state index contributed by atoms with van der Waals surface area (Å²) in [6.45, 7) is 5.03. The third kappa shape index (κ3) is 3.22. The maximum atomic E-state index is 13.7. The minimum Gasteiger partial charge on any atom is -0.398 e. The van der Waals surface area contributed by atoms with Crippen LogP contribution in [0.5, 0.6) is 0 Å². The third-order valence-corrected chi connectivity index (χ3v) is 4.05. The predicted molar refractivity (Wildman–Crippen MR) is 73.7 cm³/mol. The van der Waals surface area contributed by atoms with Crippen molar-refractivity contribution in [3.8, 4) is 0 Å².